The fraction of sp³-hybridized carbons (Fsp3) is 0.320. The molecule has 0 bridgehead atoms. The highest BCUT2D eigenvalue weighted by Crippen LogP contribution is 2.27. The number of piperazine rings is 1. The monoisotopic (exact) mass is 428 g/mol. The Labute approximate surface area is 187 Å². The second-order valence-electron chi connectivity index (χ2n) is 8.64. The molecule has 7 nitrogen and oxygen atoms in total. The van der Waals surface area contributed by atoms with Crippen LogP contribution in [-0.4, -0.2) is 57.2 Å². The van der Waals surface area contributed by atoms with E-state index in [0.29, 0.717) is 12.1 Å². The van der Waals surface area contributed by atoms with Gasteiger partial charge in [0.05, 0.1) is 6.54 Å². The van der Waals surface area contributed by atoms with Crippen LogP contribution < -0.4 is 10.5 Å². The third-order valence-electron chi connectivity index (χ3n) is 6.21. The summed E-state index contributed by atoms with van der Waals surface area (Å²) in [5.41, 5.74) is 4.54. The maximum absolute atomic E-state index is 12.3. The maximum atomic E-state index is 12.3. The van der Waals surface area contributed by atoms with Gasteiger partial charge in [-0.15, -0.1) is 0 Å². The molecule has 1 aromatic carbocycles. The van der Waals surface area contributed by atoms with Crippen molar-refractivity contribution in [1.29, 1.82) is 0 Å². The molecule has 0 unspecified atom stereocenters. The predicted molar refractivity (Wildman–Crippen MR) is 128 cm³/mol. The SMILES string of the molecule is Cc1cc(-c2nc3ccc(N4CCN(C)CC4)nc3n2Cc2ccccc2)cn(C)c1=O. The lowest BCUT2D eigenvalue weighted by Gasteiger charge is -2.33. The van der Waals surface area contributed by atoms with E-state index in [1.807, 2.05) is 37.4 Å². The van der Waals surface area contributed by atoms with Gasteiger partial charge in [0.15, 0.2) is 5.65 Å². The van der Waals surface area contributed by atoms with Gasteiger partial charge >= 0.3 is 0 Å². The quantitative estimate of drug-likeness (QED) is 0.500. The summed E-state index contributed by atoms with van der Waals surface area (Å²) < 4.78 is 3.80. The van der Waals surface area contributed by atoms with Crippen LogP contribution in [0.2, 0.25) is 0 Å². The summed E-state index contributed by atoms with van der Waals surface area (Å²) in [6.07, 6.45) is 1.86. The molecule has 5 rings (SSSR count). The average Bonchev–Trinajstić information content (AvgIpc) is 3.16. The molecule has 4 aromatic rings. The summed E-state index contributed by atoms with van der Waals surface area (Å²) in [6.45, 7) is 6.51. The molecular weight excluding hydrogens is 400 g/mol. The summed E-state index contributed by atoms with van der Waals surface area (Å²) in [7, 11) is 3.94. The minimum absolute atomic E-state index is 0.00921. The van der Waals surface area contributed by atoms with Gasteiger partial charge < -0.3 is 18.9 Å². The predicted octanol–water partition coefficient (Wildman–Crippen LogP) is 2.91. The number of anilines is 1. The fourth-order valence-corrected chi connectivity index (χ4v) is 4.34. The minimum Gasteiger partial charge on any atom is -0.354 e. The van der Waals surface area contributed by atoms with Gasteiger partial charge in [-0.05, 0) is 37.7 Å². The number of fused-ring (bicyclic) bond motifs is 1. The molecule has 0 amide bonds. The van der Waals surface area contributed by atoms with E-state index in [1.165, 1.54) is 5.56 Å². The van der Waals surface area contributed by atoms with Crippen LogP contribution in [0.4, 0.5) is 5.82 Å². The van der Waals surface area contributed by atoms with E-state index in [-0.39, 0.29) is 5.56 Å². The van der Waals surface area contributed by atoms with Crippen LogP contribution in [0, 0.1) is 6.92 Å². The number of hydrogen-bond acceptors (Lipinski definition) is 5. The first-order valence-corrected chi connectivity index (χ1v) is 11.0. The van der Waals surface area contributed by atoms with Crippen LogP contribution in [0.25, 0.3) is 22.6 Å². The van der Waals surface area contributed by atoms with Gasteiger partial charge in [-0.1, -0.05) is 30.3 Å². The molecule has 1 saturated heterocycles. The van der Waals surface area contributed by atoms with Crippen molar-refractivity contribution in [2.45, 2.75) is 13.5 Å². The normalized spacial score (nSPS) is 14.9. The molecular formula is C25H28N6O. The van der Waals surface area contributed by atoms with Crippen LogP contribution in [0.15, 0.2) is 59.5 Å². The van der Waals surface area contributed by atoms with Gasteiger partial charge in [0.1, 0.15) is 17.2 Å². The number of nitrogens with zero attached hydrogens (tertiary/aromatic N) is 6. The summed E-state index contributed by atoms with van der Waals surface area (Å²) in [6, 6.07) is 16.4. The number of hydrogen-bond donors (Lipinski definition) is 0. The smallest absolute Gasteiger partial charge is 0.253 e. The number of aromatic nitrogens is 4. The Morgan fingerprint density at radius 3 is 2.41 bits per heavy atom. The van der Waals surface area contributed by atoms with Gasteiger partial charge in [-0.2, -0.15) is 0 Å². The minimum atomic E-state index is 0.00921. The van der Waals surface area contributed by atoms with E-state index in [2.05, 4.69) is 45.7 Å². The Hall–Kier alpha value is -3.45. The van der Waals surface area contributed by atoms with Crippen molar-refractivity contribution in [3.8, 4) is 11.4 Å². The first-order valence-electron chi connectivity index (χ1n) is 11.0. The van der Waals surface area contributed by atoms with Crippen molar-refractivity contribution in [2.24, 2.45) is 7.05 Å². The third-order valence-corrected chi connectivity index (χ3v) is 6.21. The van der Waals surface area contributed by atoms with Crippen LogP contribution in [0.1, 0.15) is 11.1 Å². The number of pyridine rings is 2. The van der Waals surface area contributed by atoms with Gasteiger partial charge in [-0.25, -0.2) is 9.97 Å². The van der Waals surface area contributed by atoms with E-state index in [0.717, 1.165) is 54.5 Å². The molecule has 0 spiro atoms. The Balaban J connectivity index is 1.65. The molecule has 0 saturated carbocycles. The van der Waals surface area contributed by atoms with E-state index < -0.39 is 0 Å². The third kappa shape index (κ3) is 3.80. The highest BCUT2D eigenvalue weighted by molar-refractivity contribution is 5.79. The molecule has 7 heteroatoms. The summed E-state index contributed by atoms with van der Waals surface area (Å²) in [5.74, 6) is 1.81. The molecule has 1 fully saturated rings. The van der Waals surface area contributed by atoms with Crippen LogP contribution >= 0.6 is 0 Å². The molecule has 32 heavy (non-hydrogen) atoms. The molecule has 0 radical (unpaired) electrons. The number of aryl methyl sites for hydroxylation is 2. The van der Waals surface area contributed by atoms with Crippen molar-refractivity contribution in [3.05, 3.63) is 76.2 Å². The standard InChI is InChI=1S/C25H28N6O/c1-18-15-20(17-29(3)25(18)32)23-26-21-9-10-22(30-13-11-28(2)12-14-30)27-24(21)31(23)16-19-7-5-4-6-8-19/h4-10,15,17H,11-14,16H2,1-3H3. The second kappa shape index (κ2) is 8.24. The number of imidazole rings is 1. The summed E-state index contributed by atoms with van der Waals surface area (Å²) in [5, 5.41) is 0. The van der Waals surface area contributed by atoms with E-state index in [4.69, 9.17) is 9.97 Å². The molecule has 1 aliphatic heterocycles. The zero-order valence-electron chi connectivity index (χ0n) is 18.8. The van der Waals surface area contributed by atoms with Crippen molar-refractivity contribution in [3.63, 3.8) is 0 Å². The second-order valence-corrected chi connectivity index (χ2v) is 8.64. The van der Waals surface area contributed by atoms with Crippen LogP contribution in [-0.2, 0) is 13.6 Å². The highest BCUT2D eigenvalue weighted by atomic mass is 16.1. The Bertz CT molecular complexity index is 1290. The van der Waals surface area contributed by atoms with Gasteiger partial charge in [0.2, 0.25) is 0 Å². The first kappa shape index (κ1) is 20.5. The Kier molecular flexibility index (Phi) is 5.27. The Morgan fingerprint density at radius 1 is 0.938 bits per heavy atom. The van der Waals surface area contributed by atoms with Crippen LogP contribution in [0.3, 0.4) is 0 Å². The molecule has 0 aliphatic carbocycles. The van der Waals surface area contributed by atoms with Gasteiger partial charge in [-0.3, -0.25) is 4.79 Å². The van der Waals surface area contributed by atoms with Gasteiger partial charge in [0.25, 0.3) is 5.56 Å². The first-order chi connectivity index (χ1) is 15.5. The zero-order valence-corrected chi connectivity index (χ0v) is 18.8. The van der Waals surface area contributed by atoms with Crippen LogP contribution in [0.5, 0.6) is 0 Å². The van der Waals surface area contributed by atoms with Crippen molar-refractivity contribution in [2.75, 3.05) is 38.1 Å². The lowest BCUT2D eigenvalue weighted by atomic mass is 10.2. The Morgan fingerprint density at radius 2 is 1.69 bits per heavy atom. The number of rotatable bonds is 4. The molecule has 4 heterocycles. The largest absolute Gasteiger partial charge is 0.354 e. The molecule has 0 atom stereocenters. The molecule has 0 N–H and O–H groups in total. The van der Waals surface area contributed by atoms with Crippen molar-refractivity contribution < 1.29 is 0 Å². The van der Waals surface area contributed by atoms with E-state index in [9.17, 15) is 4.79 Å². The summed E-state index contributed by atoms with van der Waals surface area (Å²) in [4.78, 5) is 27.0. The van der Waals surface area contributed by atoms with E-state index >= 15 is 0 Å². The number of benzene rings is 1. The topological polar surface area (TPSA) is 59.2 Å². The average molecular weight is 429 g/mol. The van der Waals surface area contributed by atoms with Crippen molar-refractivity contribution >= 4 is 17.0 Å². The lowest BCUT2D eigenvalue weighted by molar-refractivity contribution is 0.312. The van der Waals surface area contributed by atoms with Crippen molar-refractivity contribution in [1.82, 2.24) is 24.0 Å². The molecule has 3 aromatic heterocycles. The highest BCUT2D eigenvalue weighted by Gasteiger charge is 2.20. The summed E-state index contributed by atoms with van der Waals surface area (Å²) >= 11 is 0. The lowest BCUT2D eigenvalue weighted by Crippen LogP contribution is -2.44. The molecule has 1 aliphatic rings. The van der Waals surface area contributed by atoms with Gasteiger partial charge in [0, 0.05) is 50.6 Å². The molecule has 164 valence electrons. The zero-order chi connectivity index (χ0) is 22.2. The fourth-order valence-electron chi connectivity index (χ4n) is 4.34. The van der Waals surface area contributed by atoms with E-state index in [1.54, 1.807) is 11.6 Å². The number of likely N-dealkylation sites (N-methyl/N-ethyl adjacent to an activating group) is 1. The maximum Gasteiger partial charge on any atom is 0.253 e.